The predicted octanol–water partition coefficient (Wildman–Crippen LogP) is 1.22. The molecule has 0 aliphatic heterocycles. The van der Waals surface area contributed by atoms with Gasteiger partial charge in [0.15, 0.2) is 5.01 Å². The minimum Gasteiger partial charge on any atom is -0.282 e. The Morgan fingerprint density at radius 3 is 2.44 bits per heavy atom. The van der Waals surface area contributed by atoms with Gasteiger partial charge < -0.3 is 0 Å². The molecule has 9 heavy (non-hydrogen) atoms. The molecule has 1 heterocycles. The third kappa shape index (κ3) is 1.16. The Morgan fingerprint density at radius 1 is 1.56 bits per heavy atom. The van der Waals surface area contributed by atoms with Gasteiger partial charge in [0.1, 0.15) is 0 Å². The van der Waals surface area contributed by atoms with Gasteiger partial charge in [-0.25, -0.2) is 4.98 Å². The second kappa shape index (κ2) is 2.27. The van der Waals surface area contributed by atoms with Crippen molar-refractivity contribution in [3.63, 3.8) is 0 Å². The number of aryl methyl sites for hydroxylation is 2. The van der Waals surface area contributed by atoms with Gasteiger partial charge in [0.25, 0.3) is 6.29 Å². The highest BCUT2D eigenvalue weighted by Gasteiger charge is 2.00. The zero-order valence-corrected chi connectivity index (χ0v) is 6.08. The Bertz CT molecular complexity index is 209. The Balaban J connectivity index is 3.11. The number of thiazole rings is 1. The molecule has 0 saturated carbocycles. The van der Waals surface area contributed by atoms with E-state index in [1.807, 2.05) is 13.8 Å². The summed E-state index contributed by atoms with van der Waals surface area (Å²) in [5.41, 5.74) is 0.929. The van der Waals surface area contributed by atoms with Crippen LogP contribution in [0.15, 0.2) is 0 Å². The highest BCUT2D eigenvalue weighted by Crippen LogP contribution is 2.13. The molecule has 0 aromatic carbocycles. The highest BCUT2D eigenvalue weighted by molar-refractivity contribution is 7.13. The molecule has 0 aliphatic rings. The fraction of sp³-hybridized carbons (Fsp3) is 0.333. The first kappa shape index (κ1) is 6.42. The predicted molar refractivity (Wildman–Crippen MR) is 36.4 cm³/mol. The van der Waals surface area contributed by atoms with E-state index >= 15 is 0 Å². The summed E-state index contributed by atoms with van der Waals surface area (Å²) in [4.78, 5) is 15.0. The number of hydrogen-bond acceptors (Lipinski definition) is 3. The Morgan fingerprint density at radius 2 is 2.22 bits per heavy atom. The van der Waals surface area contributed by atoms with E-state index in [0.29, 0.717) is 5.01 Å². The molecular formula is C6H6NOS. The van der Waals surface area contributed by atoms with Gasteiger partial charge in [-0.05, 0) is 13.8 Å². The van der Waals surface area contributed by atoms with Crippen LogP contribution in [0.5, 0.6) is 0 Å². The molecule has 1 aromatic rings. The topological polar surface area (TPSA) is 30.0 Å². The van der Waals surface area contributed by atoms with Crippen LogP contribution in [0.4, 0.5) is 0 Å². The van der Waals surface area contributed by atoms with E-state index in [1.54, 1.807) is 6.29 Å². The molecule has 0 saturated heterocycles. The summed E-state index contributed by atoms with van der Waals surface area (Å²) in [6.45, 7) is 3.82. The van der Waals surface area contributed by atoms with Gasteiger partial charge in [-0.3, -0.25) is 4.79 Å². The fourth-order valence-electron chi connectivity index (χ4n) is 0.516. The van der Waals surface area contributed by atoms with Gasteiger partial charge in [0, 0.05) is 4.88 Å². The molecular weight excluding hydrogens is 134 g/mol. The average molecular weight is 140 g/mol. The molecule has 47 valence electrons. The van der Waals surface area contributed by atoms with Gasteiger partial charge in [0.2, 0.25) is 0 Å². The normalized spacial score (nSPS) is 9.56. The third-order valence-corrected chi connectivity index (χ3v) is 2.09. The van der Waals surface area contributed by atoms with Crippen molar-refractivity contribution in [3.8, 4) is 0 Å². The average Bonchev–Trinajstić information content (AvgIpc) is 2.13. The molecule has 1 rings (SSSR count). The van der Waals surface area contributed by atoms with Crippen LogP contribution in [0.3, 0.4) is 0 Å². The minimum atomic E-state index is 0.449. The summed E-state index contributed by atoms with van der Waals surface area (Å²) in [7, 11) is 0. The van der Waals surface area contributed by atoms with Gasteiger partial charge in [0.05, 0.1) is 5.69 Å². The van der Waals surface area contributed by atoms with E-state index in [-0.39, 0.29) is 0 Å². The summed E-state index contributed by atoms with van der Waals surface area (Å²) in [5.74, 6) is 0. The number of rotatable bonds is 1. The van der Waals surface area contributed by atoms with E-state index in [4.69, 9.17) is 0 Å². The van der Waals surface area contributed by atoms with Crippen molar-refractivity contribution in [1.82, 2.24) is 4.98 Å². The lowest BCUT2D eigenvalue weighted by atomic mass is 10.4. The van der Waals surface area contributed by atoms with Crippen LogP contribution in [0.25, 0.3) is 0 Å². The third-order valence-electron chi connectivity index (χ3n) is 1.12. The molecule has 3 heteroatoms. The minimum absolute atomic E-state index is 0.449. The maximum absolute atomic E-state index is 9.99. The van der Waals surface area contributed by atoms with Crippen LogP contribution in [-0.4, -0.2) is 11.3 Å². The Kier molecular flexibility index (Phi) is 1.62. The number of carbonyl (C=O) groups excluding carboxylic acids is 1. The monoisotopic (exact) mass is 140 g/mol. The van der Waals surface area contributed by atoms with Crippen molar-refractivity contribution in [3.05, 3.63) is 15.6 Å². The van der Waals surface area contributed by atoms with E-state index in [1.165, 1.54) is 11.3 Å². The number of hydrogen-bond donors (Lipinski definition) is 0. The fourth-order valence-corrected chi connectivity index (χ4v) is 1.22. The molecule has 1 radical (unpaired) electrons. The molecule has 2 nitrogen and oxygen atoms in total. The van der Waals surface area contributed by atoms with Crippen LogP contribution in [0.1, 0.15) is 15.6 Å². The van der Waals surface area contributed by atoms with Crippen LogP contribution in [0, 0.1) is 13.8 Å². The molecule has 0 spiro atoms. The molecule has 0 N–H and O–H groups in total. The van der Waals surface area contributed by atoms with Crippen molar-refractivity contribution >= 4 is 17.6 Å². The standard InChI is InChI=1S/C6H6NOS/c1-4-5(2)9-6(3-8)7-4/h1-2H3. The number of nitrogens with zero attached hydrogens (tertiary/aromatic N) is 1. The smallest absolute Gasteiger partial charge is 0.264 e. The van der Waals surface area contributed by atoms with Crippen molar-refractivity contribution in [2.75, 3.05) is 0 Å². The lowest BCUT2D eigenvalue weighted by molar-refractivity contribution is 0.562. The van der Waals surface area contributed by atoms with E-state index < -0.39 is 0 Å². The van der Waals surface area contributed by atoms with Gasteiger partial charge in [-0.15, -0.1) is 11.3 Å². The lowest BCUT2D eigenvalue weighted by Gasteiger charge is -1.77. The summed E-state index contributed by atoms with van der Waals surface area (Å²) in [6, 6.07) is 0. The quantitative estimate of drug-likeness (QED) is 0.587. The summed E-state index contributed by atoms with van der Waals surface area (Å²) < 4.78 is 0. The largest absolute Gasteiger partial charge is 0.282 e. The van der Waals surface area contributed by atoms with Crippen LogP contribution in [-0.2, 0) is 4.79 Å². The van der Waals surface area contributed by atoms with Crippen LogP contribution in [0.2, 0.25) is 0 Å². The zero-order valence-electron chi connectivity index (χ0n) is 5.26. The van der Waals surface area contributed by atoms with Gasteiger partial charge >= 0.3 is 0 Å². The molecule has 0 bridgehead atoms. The SMILES string of the molecule is Cc1nc([C]=O)sc1C. The van der Waals surface area contributed by atoms with Crippen LogP contribution < -0.4 is 0 Å². The molecule has 0 amide bonds. The summed E-state index contributed by atoms with van der Waals surface area (Å²) >= 11 is 1.38. The first-order valence-corrected chi connectivity index (χ1v) is 3.38. The van der Waals surface area contributed by atoms with Gasteiger partial charge in [-0.1, -0.05) is 0 Å². The first-order chi connectivity index (χ1) is 4.24. The summed E-state index contributed by atoms with van der Waals surface area (Å²) in [5, 5.41) is 0.449. The van der Waals surface area contributed by atoms with Crippen molar-refractivity contribution in [2.24, 2.45) is 0 Å². The van der Waals surface area contributed by atoms with Crippen LogP contribution >= 0.6 is 11.3 Å². The molecule has 0 atom stereocenters. The van der Waals surface area contributed by atoms with E-state index in [0.717, 1.165) is 10.6 Å². The maximum Gasteiger partial charge on any atom is 0.264 e. The van der Waals surface area contributed by atoms with E-state index in [2.05, 4.69) is 4.98 Å². The van der Waals surface area contributed by atoms with Crippen molar-refractivity contribution in [1.29, 1.82) is 0 Å². The molecule has 1 aromatic heterocycles. The second-order valence-electron chi connectivity index (χ2n) is 1.76. The van der Waals surface area contributed by atoms with Gasteiger partial charge in [-0.2, -0.15) is 0 Å². The first-order valence-electron chi connectivity index (χ1n) is 2.56. The maximum atomic E-state index is 9.99. The Hall–Kier alpha value is -0.700. The molecule has 0 fully saturated rings. The molecule has 0 unspecified atom stereocenters. The zero-order chi connectivity index (χ0) is 6.85. The lowest BCUT2D eigenvalue weighted by Crippen LogP contribution is -1.76. The second-order valence-corrected chi connectivity index (χ2v) is 2.97. The Labute approximate surface area is 57.5 Å². The van der Waals surface area contributed by atoms with Crippen molar-refractivity contribution in [2.45, 2.75) is 13.8 Å². The highest BCUT2D eigenvalue weighted by atomic mass is 32.1. The van der Waals surface area contributed by atoms with E-state index in [9.17, 15) is 4.79 Å². The summed E-state index contributed by atoms with van der Waals surface area (Å²) in [6.07, 6.45) is 1.75. The molecule has 0 aliphatic carbocycles. The van der Waals surface area contributed by atoms with Crippen molar-refractivity contribution < 1.29 is 4.79 Å². The number of aromatic nitrogens is 1.